The summed E-state index contributed by atoms with van der Waals surface area (Å²) < 4.78 is 1.42. The van der Waals surface area contributed by atoms with Crippen LogP contribution < -0.4 is 10.9 Å². The van der Waals surface area contributed by atoms with Gasteiger partial charge in [0.05, 0.1) is 11.7 Å². The number of carbonyl (C=O) groups is 1. The second-order valence-electron chi connectivity index (χ2n) is 8.90. The highest BCUT2D eigenvalue weighted by atomic mass is 32.1. The number of fused-ring (bicyclic) bond motifs is 2. The van der Waals surface area contributed by atoms with Gasteiger partial charge in [0.25, 0.3) is 5.56 Å². The van der Waals surface area contributed by atoms with Gasteiger partial charge in [-0.2, -0.15) is 0 Å². The largest absolute Gasteiger partial charge is 0.324 e. The van der Waals surface area contributed by atoms with Crippen LogP contribution in [0.25, 0.3) is 21.3 Å². The average molecular weight is 472 g/mol. The fourth-order valence-corrected chi connectivity index (χ4v) is 5.84. The predicted molar refractivity (Wildman–Crippen MR) is 140 cm³/mol. The number of hydrogen-bond acceptors (Lipinski definition) is 4. The molecule has 0 aliphatic heterocycles. The first kappa shape index (κ1) is 22.5. The van der Waals surface area contributed by atoms with Crippen LogP contribution in [0.1, 0.15) is 48.9 Å². The molecule has 6 heteroatoms. The van der Waals surface area contributed by atoms with E-state index < -0.39 is 0 Å². The molecule has 5 rings (SSSR count). The van der Waals surface area contributed by atoms with E-state index in [1.165, 1.54) is 46.2 Å². The lowest BCUT2D eigenvalue weighted by Crippen LogP contribution is -2.28. The molecule has 5 nitrogen and oxygen atoms in total. The van der Waals surface area contributed by atoms with Gasteiger partial charge in [-0.3, -0.25) is 14.2 Å². The maximum Gasteiger partial charge on any atom is 0.263 e. The summed E-state index contributed by atoms with van der Waals surface area (Å²) in [6.45, 7) is 4.08. The standard InChI is InChI=1S/C28H29N3O2S/c1-3-18-10-7-11-19(4-2)26(18)30-24(32)15-31-17-29-27-25(28(31)33)23(16-34-27)22-13-12-20-8-5-6-9-21(20)14-22/h7,10-14,16-17H,3-6,8-9,15H2,1-2H3,(H,30,32). The Morgan fingerprint density at radius 2 is 1.79 bits per heavy atom. The highest BCUT2D eigenvalue weighted by Gasteiger charge is 2.17. The zero-order chi connectivity index (χ0) is 23.7. The minimum Gasteiger partial charge on any atom is -0.324 e. The van der Waals surface area contributed by atoms with Crippen molar-refractivity contribution in [3.05, 3.63) is 80.7 Å². The molecule has 0 fully saturated rings. The summed E-state index contributed by atoms with van der Waals surface area (Å²) in [5.41, 5.74) is 7.65. The summed E-state index contributed by atoms with van der Waals surface area (Å²) in [4.78, 5) is 31.6. The number of amides is 1. The molecule has 0 bridgehead atoms. The number of benzene rings is 2. The van der Waals surface area contributed by atoms with Crippen LogP contribution >= 0.6 is 11.3 Å². The Balaban J connectivity index is 1.46. The maximum atomic E-state index is 13.5. The Bertz CT molecular complexity index is 1410. The number of nitrogens with zero attached hydrogens (tertiary/aromatic N) is 2. The van der Waals surface area contributed by atoms with Gasteiger partial charge in [0.15, 0.2) is 0 Å². The van der Waals surface area contributed by atoms with Crippen molar-refractivity contribution in [1.82, 2.24) is 9.55 Å². The van der Waals surface area contributed by atoms with E-state index in [2.05, 4.69) is 42.3 Å². The van der Waals surface area contributed by atoms with E-state index in [0.717, 1.165) is 53.6 Å². The highest BCUT2D eigenvalue weighted by molar-refractivity contribution is 7.17. The molecule has 174 valence electrons. The van der Waals surface area contributed by atoms with Crippen molar-refractivity contribution in [3.63, 3.8) is 0 Å². The van der Waals surface area contributed by atoms with Gasteiger partial charge >= 0.3 is 0 Å². The van der Waals surface area contributed by atoms with E-state index in [4.69, 9.17) is 0 Å². The number of nitrogens with one attached hydrogen (secondary N) is 1. The zero-order valence-corrected chi connectivity index (χ0v) is 20.5. The molecular weight excluding hydrogens is 442 g/mol. The van der Waals surface area contributed by atoms with Crippen LogP contribution in [0.15, 0.2) is 52.9 Å². The molecule has 0 unspecified atom stereocenters. The smallest absolute Gasteiger partial charge is 0.263 e. The van der Waals surface area contributed by atoms with Crippen LogP contribution in [0, 0.1) is 0 Å². The van der Waals surface area contributed by atoms with Gasteiger partial charge in [0.2, 0.25) is 5.91 Å². The monoisotopic (exact) mass is 471 g/mol. The number of aromatic nitrogens is 2. The number of carbonyl (C=O) groups excluding carboxylic acids is 1. The van der Waals surface area contributed by atoms with E-state index >= 15 is 0 Å². The van der Waals surface area contributed by atoms with Gasteiger partial charge in [0.1, 0.15) is 11.4 Å². The third-order valence-electron chi connectivity index (χ3n) is 6.80. The number of thiophene rings is 1. The molecule has 0 atom stereocenters. The minimum absolute atomic E-state index is 0.0670. The fourth-order valence-electron chi connectivity index (χ4n) is 4.93. The highest BCUT2D eigenvalue weighted by Crippen LogP contribution is 2.33. The van der Waals surface area contributed by atoms with E-state index in [-0.39, 0.29) is 18.0 Å². The van der Waals surface area contributed by atoms with Crippen molar-refractivity contribution in [2.45, 2.75) is 58.9 Å². The summed E-state index contributed by atoms with van der Waals surface area (Å²) >= 11 is 1.48. The lowest BCUT2D eigenvalue weighted by atomic mass is 9.89. The van der Waals surface area contributed by atoms with Crippen molar-refractivity contribution in [2.24, 2.45) is 0 Å². The average Bonchev–Trinajstić information content (AvgIpc) is 3.30. The number of anilines is 1. The van der Waals surface area contributed by atoms with E-state index in [9.17, 15) is 9.59 Å². The molecule has 2 heterocycles. The van der Waals surface area contributed by atoms with Gasteiger partial charge in [-0.15, -0.1) is 11.3 Å². The second-order valence-corrected chi connectivity index (χ2v) is 9.76. The van der Waals surface area contributed by atoms with Crippen molar-refractivity contribution in [3.8, 4) is 11.1 Å². The SMILES string of the molecule is CCc1cccc(CC)c1NC(=O)Cn1cnc2scc(-c3ccc4c(c3)CCCC4)c2c1=O. The minimum atomic E-state index is -0.218. The topological polar surface area (TPSA) is 64.0 Å². The maximum absolute atomic E-state index is 13.5. The van der Waals surface area contributed by atoms with Gasteiger partial charge in [-0.25, -0.2) is 4.98 Å². The van der Waals surface area contributed by atoms with Crippen molar-refractivity contribution >= 4 is 33.1 Å². The molecule has 1 amide bonds. The lowest BCUT2D eigenvalue weighted by molar-refractivity contribution is -0.116. The lowest BCUT2D eigenvalue weighted by Gasteiger charge is -2.16. The molecule has 2 aromatic heterocycles. The summed E-state index contributed by atoms with van der Waals surface area (Å²) in [6.07, 6.45) is 7.82. The molecule has 1 aliphatic carbocycles. The first-order valence-corrected chi connectivity index (χ1v) is 13.0. The molecule has 1 N–H and O–H groups in total. The van der Waals surface area contributed by atoms with Gasteiger partial charge in [0, 0.05) is 16.6 Å². The Kier molecular flexibility index (Phi) is 6.33. The first-order valence-electron chi connectivity index (χ1n) is 12.1. The Morgan fingerprint density at radius 1 is 1.06 bits per heavy atom. The van der Waals surface area contributed by atoms with Crippen molar-refractivity contribution in [1.29, 1.82) is 0 Å². The molecule has 34 heavy (non-hydrogen) atoms. The van der Waals surface area contributed by atoms with Gasteiger partial charge in [-0.05, 0) is 66.3 Å². The van der Waals surface area contributed by atoms with E-state index in [0.29, 0.717) is 10.2 Å². The summed E-state index contributed by atoms with van der Waals surface area (Å²) in [7, 11) is 0. The Morgan fingerprint density at radius 3 is 2.53 bits per heavy atom. The van der Waals surface area contributed by atoms with Crippen LogP contribution in [-0.4, -0.2) is 15.5 Å². The van der Waals surface area contributed by atoms with Crippen LogP contribution in [0.3, 0.4) is 0 Å². The zero-order valence-electron chi connectivity index (χ0n) is 19.7. The Hall–Kier alpha value is -3.25. The number of para-hydroxylation sites is 1. The number of rotatable bonds is 6. The third-order valence-corrected chi connectivity index (χ3v) is 7.68. The van der Waals surface area contributed by atoms with E-state index in [1.54, 1.807) is 0 Å². The van der Waals surface area contributed by atoms with Crippen LogP contribution in [0.2, 0.25) is 0 Å². The Labute approximate surface area is 203 Å². The molecule has 0 saturated heterocycles. The molecular formula is C28H29N3O2S. The molecule has 4 aromatic rings. The van der Waals surface area contributed by atoms with Gasteiger partial charge < -0.3 is 5.32 Å². The van der Waals surface area contributed by atoms with Crippen molar-refractivity contribution in [2.75, 3.05) is 5.32 Å². The first-order chi connectivity index (χ1) is 16.6. The predicted octanol–water partition coefficient (Wildman–Crippen LogP) is 5.77. The van der Waals surface area contributed by atoms with Crippen LogP contribution in [0.5, 0.6) is 0 Å². The third kappa shape index (κ3) is 4.18. The molecule has 0 spiro atoms. The summed E-state index contributed by atoms with van der Waals surface area (Å²) in [5.74, 6) is -0.218. The molecule has 1 aliphatic rings. The molecule has 0 radical (unpaired) electrons. The summed E-state index contributed by atoms with van der Waals surface area (Å²) in [5, 5.41) is 5.66. The molecule has 2 aromatic carbocycles. The van der Waals surface area contributed by atoms with Crippen LogP contribution in [-0.2, 0) is 37.0 Å². The van der Waals surface area contributed by atoms with Crippen molar-refractivity contribution < 1.29 is 4.79 Å². The number of aryl methyl sites for hydroxylation is 4. The molecule has 0 saturated carbocycles. The number of hydrogen-bond donors (Lipinski definition) is 1. The normalized spacial score (nSPS) is 13.1. The van der Waals surface area contributed by atoms with Crippen LogP contribution in [0.4, 0.5) is 5.69 Å². The quantitative estimate of drug-likeness (QED) is 0.388. The second kappa shape index (κ2) is 9.55. The fraction of sp³-hybridized carbons (Fsp3) is 0.321. The van der Waals surface area contributed by atoms with Gasteiger partial charge in [-0.1, -0.05) is 50.2 Å². The summed E-state index contributed by atoms with van der Waals surface area (Å²) in [6, 6.07) is 12.6. The van der Waals surface area contributed by atoms with E-state index in [1.807, 2.05) is 23.6 Å².